The lowest BCUT2D eigenvalue weighted by atomic mass is 9.97. The molecule has 1 heterocycles. The fourth-order valence-corrected chi connectivity index (χ4v) is 1.22. The van der Waals surface area contributed by atoms with E-state index in [4.69, 9.17) is 0 Å². The molecule has 1 aromatic rings. The van der Waals surface area contributed by atoms with Crippen molar-refractivity contribution in [1.29, 1.82) is 0 Å². The van der Waals surface area contributed by atoms with Crippen LogP contribution in [0.15, 0.2) is 6.20 Å². The Bertz CT molecular complexity index is 349. The summed E-state index contributed by atoms with van der Waals surface area (Å²) < 4.78 is 1.68. The summed E-state index contributed by atoms with van der Waals surface area (Å²) in [6.45, 7) is 8.61. The van der Waals surface area contributed by atoms with Gasteiger partial charge in [-0.2, -0.15) is 5.10 Å². The minimum Gasteiger partial charge on any atom is -0.262 e. The van der Waals surface area contributed by atoms with Crippen LogP contribution in [0.4, 0.5) is 5.69 Å². The molecule has 0 aliphatic heterocycles. The van der Waals surface area contributed by atoms with E-state index in [0.29, 0.717) is 12.2 Å². The minimum absolute atomic E-state index is 0.0741. The lowest BCUT2D eigenvalue weighted by molar-refractivity contribution is -0.385. The summed E-state index contributed by atoms with van der Waals surface area (Å²) in [7, 11) is 0. The van der Waals surface area contributed by atoms with Gasteiger partial charge in [-0.3, -0.25) is 14.8 Å². The largest absolute Gasteiger partial charge is 0.309 e. The Morgan fingerprint density at radius 2 is 2.14 bits per heavy atom. The minimum atomic E-state index is -0.401. The third kappa shape index (κ3) is 2.31. The van der Waals surface area contributed by atoms with Crippen molar-refractivity contribution < 1.29 is 4.92 Å². The summed E-state index contributed by atoms with van der Waals surface area (Å²) in [4.78, 5) is 10.2. The third-order valence-corrected chi connectivity index (χ3v) is 1.90. The normalized spacial score (nSPS) is 11.7. The zero-order chi connectivity index (χ0) is 10.9. The SMILES string of the molecule is Cc1c([N+](=O)[O-])cnn1CC(C)(C)C. The second kappa shape index (κ2) is 3.40. The fourth-order valence-electron chi connectivity index (χ4n) is 1.22. The van der Waals surface area contributed by atoms with Gasteiger partial charge in [0.05, 0.1) is 4.92 Å². The van der Waals surface area contributed by atoms with E-state index in [2.05, 4.69) is 25.9 Å². The van der Waals surface area contributed by atoms with Crippen LogP contribution < -0.4 is 0 Å². The highest BCUT2D eigenvalue weighted by atomic mass is 16.6. The Hall–Kier alpha value is -1.39. The van der Waals surface area contributed by atoms with Gasteiger partial charge in [-0.25, -0.2) is 0 Å². The molecule has 0 radical (unpaired) electrons. The first kappa shape index (κ1) is 10.7. The van der Waals surface area contributed by atoms with Crippen molar-refractivity contribution in [1.82, 2.24) is 9.78 Å². The molecule has 1 rings (SSSR count). The average molecular weight is 197 g/mol. The van der Waals surface area contributed by atoms with Crippen LogP contribution in [0.5, 0.6) is 0 Å². The molecule has 0 amide bonds. The van der Waals surface area contributed by atoms with Gasteiger partial charge in [-0.15, -0.1) is 0 Å². The Balaban J connectivity index is 2.96. The molecule has 0 saturated heterocycles. The number of hydrogen-bond donors (Lipinski definition) is 0. The highest BCUT2D eigenvalue weighted by Crippen LogP contribution is 2.21. The molecule has 0 unspecified atom stereocenters. The van der Waals surface area contributed by atoms with Gasteiger partial charge in [-0.1, -0.05) is 20.8 Å². The first-order valence-corrected chi connectivity index (χ1v) is 4.48. The van der Waals surface area contributed by atoms with Crippen molar-refractivity contribution in [3.63, 3.8) is 0 Å². The summed E-state index contributed by atoms with van der Waals surface area (Å²) in [6.07, 6.45) is 1.31. The van der Waals surface area contributed by atoms with Crippen molar-refractivity contribution in [3.05, 3.63) is 22.0 Å². The number of nitrogens with zero attached hydrogens (tertiary/aromatic N) is 3. The Labute approximate surface area is 82.9 Å². The standard InChI is InChI=1S/C9H15N3O2/c1-7-8(12(13)14)5-10-11(7)6-9(2,3)4/h5H,6H2,1-4H3. The maximum absolute atomic E-state index is 10.6. The molecule has 5 heteroatoms. The van der Waals surface area contributed by atoms with Crippen LogP contribution in [0.2, 0.25) is 0 Å². The quantitative estimate of drug-likeness (QED) is 0.539. The van der Waals surface area contributed by atoms with Crippen LogP contribution in [0.25, 0.3) is 0 Å². The Kier molecular flexibility index (Phi) is 2.59. The van der Waals surface area contributed by atoms with Gasteiger partial charge >= 0.3 is 5.69 Å². The van der Waals surface area contributed by atoms with E-state index >= 15 is 0 Å². The van der Waals surface area contributed by atoms with Gasteiger partial charge in [0, 0.05) is 6.54 Å². The lowest BCUT2D eigenvalue weighted by Crippen LogP contribution is -2.17. The lowest BCUT2D eigenvalue weighted by Gasteiger charge is -2.18. The molecule has 14 heavy (non-hydrogen) atoms. The molecule has 0 spiro atoms. The molecular formula is C9H15N3O2. The summed E-state index contributed by atoms with van der Waals surface area (Å²) in [5, 5.41) is 14.6. The van der Waals surface area contributed by atoms with Gasteiger partial charge in [0.25, 0.3) is 0 Å². The molecule has 0 bridgehead atoms. The van der Waals surface area contributed by atoms with Gasteiger partial charge in [0.15, 0.2) is 0 Å². The predicted molar refractivity (Wildman–Crippen MR) is 53.1 cm³/mol. The van der Waals surface area contributed by atoms with Crippen LogP contribution in [-0.4, -0.2) is 14.7 Å². The van der Waals surface area contributed by atoms with Crippen LogP contribution in [0.3, 0.4) is 0 Å². The number of rotatable bonds is 2. The van der Waals surface area contributed by atoms with Gasteiger partial charge in [-0.05, 0) is 12.3 Å². The van der Waals surface area contributed by atoms with E-state index in [1.54, 1.807) is 11.6 Å². The predicted octanol–water partition coefficient (Wildman–Crippen LogP) is 2.15. The van der Waals surface area contributed by atoms with Gasteiger partial charge in [0.2, 0.25) is 0 Å². The molecule has 0 saturated carbocycles. The average Bonchev–Trinajstić information content (AvgIpc) is 2.29. The molecule has 0 atom stereocenters. The summed E-state index contributed by atoms with van der Waals surface area (Å²) in [5.74, 6) is 0. The molecule has 0 aliphatic carbocycles. The Morgan fingerprint density at radius 3 is 2.50 bits per heavy atom. The van der Waals surface area contributed by atoms with E-state index < -0.39 is 4.92 Å². The summed E-state index contributed by atoms with van der Waals surface area (Å²) >= 11 is 0. The van der Waals surface area contributed by atoms with E-state index in [1.807, 2.05) is 0 Å². The number of aromatic nitrogens is 2. The molecule has 0 aromatic carbocycles. The van der Waals surface area contributed by atoms with Crippen LogP contribution in [0, 0.1) is 22.5 Å². The van der Waals surface area contributed by atoms with Crippen LogP contribution in [0.1, 0.15) is 26.5 Å². The first-order chi connectivity index (χ1) is 6.31. The second-order valence-electron chi connectivity index (χ2n) is 4.59. The van der Waals surface area contributed by atoms with Gasteiger partial charge < -0.3 is 0 Å². The van der Waals surface area contributed by atoms with Crippen molar-refractivity contribution in [2.45, 2.75) is 34.2 Å². The van der Waals surface area contributed by atoms with Crippen LogP contribution in [-0.2, 0) is 6.54 Å². The maximum Gasteiger partial charge on any atom is 0.309 e. The zero-order valence-corrected chi connectivity index (χ0v) is 8.94. The monoisotopic (exact) mass is 197 g/mol. The van der Waals surface area contributed by atoms with Crippen LogP contribution >= 0.6 is 0 Å². The van der Waals surface area contributed by atoms with Crippen molar-refractivity contribution in [2.75, 3.05) is 0 Å². The van der Waals surface area contributed by atoms with E-state index in [9.17, 15) is 10.1 Å². The second-order valence-corrected chi connectivity index (χ2v) is 4.59. The molecule has 1 aromatic heterocycles. The molecular weight excluding hydrogens is 182 g/mol. The third-order valence-electron chi connectivity index (χ3n) is 1.90. The fraction of sp³-hybridized carbons (Fsp3) is 0.667. The van der Waals surface area contributed by atoms with E-state index in [1.165, 1.54) is 6.20 Å². The summed E-state index contributed by atoms with van der Waals surface area (Å²) in [6, 6.07) is 0. The summed E-state index contributed by atoms with van der Waals surface area (Å²) in [5.41, 5.74) is 0.782. The van der Waals surface area contributed by atoms with Crippen molar-refractivity contribution >= 4 is 5.69 Å². The Morgan fingerprint density at radius 1 is 1.57 bits per heavy atom. The number of hydrogen-bond acceptors (Lipinski definition) is 3. The molecule has 0 N–H and O–H groups in total. The molecule has 78 valence electrons. The first-order valence-electron chi connectivity index (χ1n) is 4.48. The highest BCUT2D eigenvalue weighted by molar-refractivity contribution is 5.31. The van der Waals surface area contributed by atoms with E-state index in [-0.39, 0.29) is 11.1 Å². The van der Waals surface area contributed by atoms with Gasteiger partial charge in [0.1, 0.15) is 11.9 Å². The molecule has 5 nitrogen and oxygen atoms in total. The number of nitro groups is 1. The molecule has 0 aliphatic rings. The topological polar surface area (TPSA) is 61.0 Å². The molecule has 0 fully saturated rings. The highest BCUT2D eigenvalue weighted by Gasteiger charge is 2.19. The van der Waals surface area contributed by atoms with Crippen molar-refractivity contribution in [2.24, 2.45) is 5.41 Å². The van der Waals surface area contributed by atoms with Crippen molar-refractivity contribution in [3.8, 4) is 0 Å². The van der Waals surface area contributed by atoms with E-state index in [0.717, 1.165) is 0 Å². The smallest absolute Gasteiger partial charge is 0.262 e. The maximum atomic E-state index is 10.6. The zero-order valence-electron chi connectivity index (χ0n) is 8.94.